The SMILES string of the molecule is O=C(Nc1ccc(N2CCC2)nc1)c1n[nH]c2ccc(-c3cncc(NC(=O)C4CC4)c3)cc12. The molecule has 2 fully saturated rings. The summed E-state index contributed by atoms with van der Waals surface area (Å²) in [5.74, 6) is 0.762. The molecule has 0 radical (unpaired) electrons. The molecule has 1 saturated heterocycles. The number of fused-ring (bicyclic) bond motifs is 1. The highest BCUT2D eigenvalue weighted by molar-refractivity contribution is 6.11. The Kier molecular flexibility index (Phi) is 4.94. The molecule has 2 aliphatic rings. The van der Waals surface area contributed by atoms with Gasteiger partial charge in [0.1, 0.15) is 5.82 Å². The van der Waals surface area contributed by atoms with E-state index < -0.39 is 0 Å². The van der Waals surface area contributed by atoms with E-state index in [4.69, 9.17) is 0 Å². The summed E-state index contributed by atoms with van der Waals surface area (Å²) in [6.45, 7) is 2.04. The van der Waals surface area contributed by atoms with Crippen molar-refractivity contribution in [3.63, 3.8) is 0 Å². The van der Waals surface area contributed by atoms with Crippen molar-refractivity contribution in [1.82, 2.24) is 20.2 Å². The van der Waals surface area contributed by atoms with Gasteiger partial charge in [0.05, 0.1) is 29.3 Å². The van der Waals surface area contributed by atoms with Gasteiger partial charge in [0.25, 0.3) is 5.91 Å². The summed E-state index contributed by atoms with van der Waals surface area (Å²) in [5.41, 5.74) is 4.05. The highest BCUT2D eigenvalue weighted by Crippen LogP contribution is 2.31. The molecule has 0 bridgehead atoms. The van der Waals surface area contributed by atoms with E-state index in [1.807, 2.05) is 36.4 Å². The van der Waals surface area contributed by atoms with Crippen LogP contribution in [0, 0.1) is 5.92 Å². The predicted molar refractivity (Wildman–Crippen MR) is 130 cm³/mol. The lowest BCUT2D eigenvalue weighted by Crippen LogP contribution is -2.37. The number of amides is 2. The number of anilines is 3. The lowest BCUT2D eigenvalue weighted by atomic mass is 10.0. The first-order chi connectivity index (χ1) is 16.6. The molecule has 1 aromatic carbocycles. The number of carbonyl (C=O) groups is 2. The zero-order valence-electron chi connectivity index (χ0n) is 18.4. The molecular weight excluding hydrogens is 430 g/mol. The van der Waals surface area contributed by atoms with E-state index in [-0.39, 0.29) is 17.7 Å². The predicted octanol–water partition coefficient (Wildman–Crippen LogP) is 3.83. The third-order valence-electron chi connectivity index (χ3n) is 6.25. The molecule has 9 nitrogen and oxygen atoms in total. The number of pyridine rings is 2. The number of aromatic amines is 1. The van der Waals surface area contributed by atoms with Gasteiger partial charge in [0.2, 0.25) is 5.91 Å². The van der Waals surface area contributed by atoms with Crippen LogP contribution in [0.25, 0.3) is 22.0 Å². The van der Waals surface area contributed by atoms with Crippen molar-refractivity contribution in [2.45, 2.75) is 19.3 Å². The van der Waals surface area contributed by atoms with Crippen LogP contribution in [0.3, 0.4) is 0 Å². The first-order valence-electron chi connectivity index (χ1n) is 11.4. The van der Waals surface area contributed by atoms with Crippen LogP contribution in [-0.4, -0.2) is 45.1 Å². The summed E-state index contributed by atoms with van der Waals surface area (Å²) >= 11 is 0. The summed E-state index contributed by atoms with van der Waals surface area (Å²) < 4.78 is 0. The Morgan fingerprint density at radius 2 is 1.82 bits per heavy atom. The van der Waals surface area contributed by atoms with Gasteiger partial charge in [-0.3, -0.25) is 19.7 Å². The molecule has 4 heterocycles. The second-order valence-electron chi connectivity index (χ2n) is 8.76. The van der Waals surface area contributed by atoms with Crippen LogP contribution >= 0.6 is 0 Å². The molecule has 6 rings (SSSR count). The van der Waals surface area contributed by atoms with Gasteiger partial charge < -0.3 is 15.5 Å². The van der Waals surface area contributed by atoms with E-state index in [0.29, 0.717) is 22.5 Å². The summed E-state index contributed by atoms with van der Waals surface area (Å²) in [5, 5.41) is 13.7. The molecule has 1 aliphatic carbocycles. The van der Waals surface area contributed by atoms with Crippen LogP contribution in [-0.2, 0) is 4.79 Å². The summed E-state index contributed by atoms with van der Waals surface area (Å²) in [6, 6.07) is 11.4. The van der Waals surface area contributed by atoms with Crippen molar-refractivity contribution in [2.24, 2.45) is 5.92 Å². The Hall–Kier alpha value is -4.27. The van der Waals surface area contributed by atoms with Gasteiger partial charge in [-0.15, -0.1) is 0 Å². The fourth-order valence-corrected chi connectivity index (χ4v) is 4.01. The van der Waals surface area contributed by atoms with E-state index in [9.17, 15) is 9.59 Å². The highest BCUT2D eigenvalue weighted by Gasteiger charge is 2.29. The number of aromatic nitrogens is 4. The normalized spacial score (nSPS) is 15.1. The van der Waals surface area contributed by atoms with Gasteiger partial charge in [0.15, 0.2) is 5.69 Å². The minimum atomic E-state index is -0.314. The molecule has 0 spiro atoms. The second-order valence-corrected chi connectivity index (χ2v) is 8.76. The second kappa shape index (κ2) is 8.26. The Morgan fingerprint density at radius 1 is 0.941 bits per heavy atom. The maximum Gasteiger partial charge on any atom is 0.276 e. The molecule has 34 heavy (non-hydrogen) atoms. The zero-order valence-corrected chi connectivity index (χ0v) is 18.4. The lowest BCUT2D eigenvalue weighted by Gasteiger charge is -2.31. The highest BCUT2D eigenvalue weighted by atomic mass is 16.2. The largest absolute Gasteiger partial charge is 0.356 e. The first-order valence-corrected chi connectivity index (χ1v) is 11.4. The van der Waals surface area contributed by atoms with Crippen LogP contribution in [0.5, 0.6) is 0 Å². The fourth-order valence-electron chi connectivity index (χ4n) is 4.01. The third-order valence-corrected chi connectivity index (χ3v) is 6.25. The van der Waals surface area contributed by atoms with Gasteiger partial charge in [0, 0.05) is 36.2 Å². The summed E-state index contributed by atoms with van der Waals surface area (Å²) in [4.78, 5) is 36.0. The molecule has 170 valence electrons. The number of carbonyl (C=O) groups excluding carboxylic acids is 2. The molecule has 3 aromatic heterocycles. The van der Waals surface area contributed by atoms with Crippen LogP contribution < -0.4 is 15.5 Å². The number of rotatable bonds is 6. The average Bonchev–Trinajstić information content (AvgIpc) is 3.58. The standard InChI is InChI=1S/C25H23N7O2/c33-24(15-2-3-15)29-19-10-17(12-26-13-19)16-4-6-21-20(11-16)23(31-30-21)25(34)28-18-5-7-22(27-14-18)32-8-1-9-32/h4-7,10-15H,1-3,8-9H2,(H,28,34)(H,29,33)(H,30,31). The van der Waals surface area contributed by atoms with Crippen molar-refractivity contribution >= 4 is 39.9 Å². The molecular formula is C25H23N7O2. The Labute approximate surface area is 195 Å². The molecule has 2 amide bonds. The first kappa shape index (κ1) is 20.3. The minimum Gasteiger partial charge on any atom is -0.356 e. The van der Waals surface area contributed by atoms with Crippen LogP contribution in [0.4, 0.5) is 17.2 Å². The van der Waals surface area contributed by atoms with Gasteiger partial charge in [-0.2, -0.15) is 5.10 Å². The minimum absolute atomic E-state index is 0.0376. The number of nitrogens with zero attached hydrogens (tertiary/aromatic N) is 4. The van der Waals surface area contributed by atoms with E-state index in [1.165, 1.54) is 6.42 Å². The smallest absolute Gasteiger partial charge is 0.276 e. The van der Waals surface area contributed by atoms with Crippen LogP contribution in [0.2, 0.25) is 0 Å². The Morgan fingerprint density at radius 3 is 2.56 bits per heavy atom. The lowest BCUT2D eigenvalue weighted by molar-refractivity contribution is -0.117. The monoisotopic (exact) mass is 453 g/mol. The molecule has 3 N–H and O–H groups in total. The summed E-state index contributed by atoms with van der Waals surface area (Å²) in [6.07, 6.45) is 8.11. The van der Waals surface area contributed by atoms with Crippen molar-refractivity contribution in [3.05, 3.63) is 60.7 Å². The van der Waals surface area contributed by atoms with Crippen LogP contribution in [0.15, 0.2) is 55.0 Å². The average molecular weight is 454 g/mol. The van der Waals surface area contributed by atoms with Crippen LogP contribution in [0.1, 0.15) is 29.8 Å². The third kappa shape index (κ3) is 3.96. The van der Waals surface area contributed by atoms with E-state index in [2.05, 4.69) is 35.7 Å². The maximum absolute atomic E-state index is 13.0. The topological polar surface area (TPSA) is 116 Å². The molecule has 4 aromatic rings. The number of nitrogens with one attached hydrogen (secondary N) is 3. The van der Waals surface area contributed by atoms with E-state index >= 15 is 0 Å². The molecule has 9 heteroatoms. The molecule has 1 aliphatic heterocycles. The van der Waals surface area contributed by atoms with E-state index in [1.54, 1.807) is 18.6 Å². The number of benzene rings is 1. The molecule has 1 saturated carbocycles. The van der Waals surface area contributed by atoms with Gasteiger partial charge >= 0.3 is 0 Å². The van der Waals surface area contributed by atoms with Crippen molar-refractivity contribution in [1.29, 1.82) is 0 Å². The van der Waals surface area contributed by atoms with E-state index in [0.717, 1.165) is 48.4 Å². The zero-order chi connectivity index (χ0) is 23.1. The summed E-state index contributed by atoms with van der Waals surface area (Å²) in [7, 11) is 0. The quantitative estimate of drug-likeness (QED) is 0.409. The number of hydrogen-bond donors (Lipinski definition) is 3. The molecule has 0 atom stereocenters. The van der Waals surface area contributed by atoms with Crippen molar-refractivity contribution in [3.8, 4) is 11.1 Å². The number of hydrogen-bond acceptors (Lipinski definition) is 6. The Balaban J connectivity index is 1.23. The van der Waals surface area contributed by atoms with Gasteiger partial charge in [-0.1, -0.05) is 6.07 Å². The van der Waals surface area contributed by atoms with Crippen molar-refractivity contribution < 1.29 is 9.59 Å². The van der Waals surface area contributed by atoms with Crippen molar-refractivity contribution in [2.75, 3.05) is 28.6 Å². The number of H-pyrrole nitrogens is 1. The Bertz CT molecular complexity index is 1390. The maximum atomic E-state index is 13.0. The van der Waals surface area contributed by atoms with Gasteiger partial charge in [-0.25, -0.2) is 4.98 Å². The molecule has 0 unspecified atom stereocenters. The fraction of sp³-hybridized carbons (Fsp3) is 0.240. The van der Waals surface area contributed by atoms with Gasteiger partial charge in [-0.05, 0) is 55.2 Å².